The number of nitrogens with one attached hydrogen (secondary N) is 1. The zero-order chi connectivity index (χ0) is 21.1. The summed E-state index contributed by atoms with van der Waals surface area (Å²) in [6.07, 6.45) is -5.07. The Morgan fingerprint density at radius 3 is 2.46 bits per heavy atom. The van der Waals surface area contributed by atoms with E-state index < -0.39 is 28.2 Å². The van der Waals surface area contributed by atoms with E-state index in [9.17, 15) is 21.6 Å². The Morgan fingerprint density at radius 1 is 1.21 bits per heavy atom. The molecular formula is C16H21F3N4O4S. The maximum Gasteiger partial charge on any atom is 0.573 e. The molecule has 0 fully saturated rings. The highest BCUT2D eigenvalue weighted by Gasteiger charge is 2.32. The van der Waals surface area contributed by atoms with Crippen molar-refractivity contribution in [1.29, 1.82) is 0 Å². The van der Waals surface area contributed by atoms with Crippen LogP contribution in [0.4, 0.5) is 13.2 Å². The maximum atomic E-state index is 12.6. The molecule has 1 atom stereocenters. The molecule has 2 aromatic rings. The van der Waals surface area contributed by atoms with E-state index in [-0.39, 0.29) is 17.0 Å². The number of ether oxygens (including phenoxy) is 2. The quantitative estimate of drug-likeness (QED) is 0.703. The largest absolute Gasteiger partial charge is 0.573 e. The van der Waals surface area contributed by atoms with Crippen molar-refractivity contribution < 1.29 is 31.1 Å². The highest BCUT2D eigenvalue weighted by molar-refractivity contribution is 7.89. The van der Waals surface area contributed by atoms with Crippen LogP contribution in [0.2, 0.25) is 0 Å². The third-order valence-corrected chi connectivity index (χ3v) is 5.01. The molecule has 12 heteroatoms. The summed E-state index contributed by atoms with van der Waals surface area (Å²) in [5.74, 6) is -0.322. The highest BCUT2D eigenvalue weighted by Crippen LogP contribution is 2.26. The smallest absolute Gasteiger partial charge is 0.461 e. The molecule has 0 radical (unpaired) electrons. The second-order valence-corrected chi connectivity index (χ2v) is 7.83. The van der Waals surface area contributed by atoms with Gasteiger partial charge in [0.25, 0.3) is 0 Å². The second-order valence-electron chi connectivity index (χ2n) is 6.12. The predicted octanol–water partition coefficient (Wildman–Crippen LogP) is 3.02. The summed E-state index contributed by atoms with van der Waals surface area (Å²) >= 11 is 0. The minimum Gasteiger partial charge on any atom is -0.461 e. The topological polar surface area (TPSA) is 95.3 Å². The van der Waals surface area contributed by atoms with Gasteiger partial charge in [0.05, 0.1) is 17.0 Å². The minimum absolute atomic E-state index is 0.147. The summed E-state index contributed by atoms with van der Waals surface area (Å²) in [5.41, 5.74) is 0. The molecule has 1 aromatic carbocycles. The average Bonchev–Trinajstić information content (AvgIpc) is 2.95. The first-order valence-corrected chi connectivity index (χ1v) is 9.89. The fourth-order valence-electron chi connectivity index (χ4n) is 2.41. The number of hydrogen-bond acceptors (Lipinski definition) is 6. The standard InChI is InChI=1S/C16H21F3N4O4S/c1-5-23-14(20-21-15(23)26-10(2)3)11(4)22-28(24,25)13-8-6-7-12(9-13)27-16(17,18)19/h6-11,22H,5H2,1-4H3/t11-/m1/s1. The Balaban J connectivity index is 2.25. The van der Waals surface area contributed by atoms with Gasteiger partial charge in [-0.3, -0.25) is 4.57 Å². The first kappa shape index (κ1) is 22.0. The van der Waals surface area contributed by atoms with Crippen molar-refractivity contribution in [2.75, 3.05) is 0 Å². The fraction of sp³-hybridized carbons (Fsp3) is 0.500. The molecule has 1 heterocycles. The van der Waals surface area contributed by atoms with E-state index in [1.807, 2.05) is 20.8 Å². The monoisotopic (exact) mass is 422 g/mol. The van der Waals surface area contributed by atoms with E-state index in [2.05, 4.69) is 19.7 Å². The van der Waals surface area contributed by atoms with E-state index in [1.165, 1.54) is 0 Å². The lowest BCUT2D eigenvalue weighted by Gasteiger charge is -2.16. The number of halogens is 3. The molecular weight excluding hydrogens is 401 g/mol. The normalized spacial score (nSPS) is 13.6. The summed E-state index contributed by atoms with van der Waals surface area (Å²) in [7, 11) is -4.14. The second kappa shape index (κ2) is 8.35. The lowest BCUT2D eigenvalue weighted by Crippen LogP contribution is -2.29. The Bertz CT molecular complexity index is 913. The van der Waals surface area contributed by atoms with Crippen molar-refractivity contribution in [3.63, 3.8) is 0 Å². The van der Waals surface area contributed by atoms with Crippen LogP contribution in [-0.2, 0) is 16.6 Å². The third kappa shape index (κ3) is 5.58. The molecule has 0 amide bonds. The molecule has 0 aliphatic rings. The lowest BCUT2D eigenvalue weighted by molar-refractivity contribution is -0.274. The third-order valence-electron chi connectivity index (χ3n) is 3.47. The molecule has 0 saturated carbocycles. The molecule has 28 heavy (non-hydrogen) atoms. The average molecular weight is 422 g/mol. The van der Waals surface area contributed by atoms with E-state index >= 15 is 0 Å². The molecule has 0 unspecified atom stereocenters. The zero-order valence-corrected chi connectivity index (χ0v) is 16.5. The van der Waals surface area contributed by atoms with E-state index in [4.69, 9.17) is 4.74 Å². The fourth-order valence-corrected chi connectivity index (χ4v) is 3.64. The van der Waals surface area contributed by atoms with Gasteiger partial charge in [-0.15, -0.1) is 18.3 Å². The van der Waals surface area contributed by atoms with Crippen molar-refractivity contribution in [2.45, 2.75) is 57.6 Å². The Morgan fingerprint density at radius 2 is 1.89 bits per heavy atom. The van der Waals surface area contributed by atoms with Crippen LogP contribution < -0.4 is 14.2 Å². The Hall–Kier alpha value is -2.34. The molecule has 0 bridgehead atoms. The van der Waals surface area contributed by atoms with E-state index in [0.29, 0.717) is 12.4 Å². The molecule has 1 aromatic heterocycles. The molecule has 0 aliphatic heterocycles. The van der Waals surface area contributed by atoms with Crippen LogP contribution in [0.25, 0.3) is 0 Å². The zero-order valence-electron chi connectivity index (χ0n) is 15.7. The number of sulfonamides is 1. The van der Waals surface area contributed by atoms with Crippen molar-refractivity contribution in [3.05, 3.63) is 30.1 Å². The van der Waals surface area contributed by atoms with Gasteiger partial charge < -0.3 is 9.47 Å². The van der Waals surface area contributed by atoms with Crippen LogP contribution in [-0.4, -0.2) is 35.6 Å². The Labute approximate surface area is 160 Å². The maximum absolute atomic E-state index is 12.6. The molecule has 156 valence electrons. The number of hydrogen-bond donors (Lipinski definition) is 1. The first-order valence-electron chi connectivity index (χ1n) is 8.41. The number of nitrogens with zero attached hydrogens (tertiary/aromatic N) is 3. The summed E-state index contributed by atoms with van der Waals surface area (Å²) < 4.78 is 75.5. The van der Waals surface area contributed by atoms with Gasteiger partial charge in [-0.05, 0) is 39.8 Å². The van der Waals surface area contributed by atoms with Crippen LogP contribution in [0.3, 0.4) is 0 Å². The van der Waals surface area contributed by atoms with E-state index in [1.54, 1.807) is 11.5 Å². The number of aromatic nitrogens is 3. The van der Waals surface area contributed by atoms with E-state index in [0.717, 1.165) is 24.3 Å². The van der Waals surface area contributed by atoms with Gasteiger partial charge >= 0.3 is 12.4 Å². The molecule has 0 saturated heterocycles. The number of benzene rings is 1. The summed E-state index contributed by atoms with van der Waals surface area (Å²) in [6.45, 7) is 7.43. The van der Waals surface area contributed by atoms with Gasteiger partial charge in [-0.1, -0.05) is 11.2 Å². The van der Waals surface area contributed by atoms with Gasteiger partial charge in [-0.2, -0.15) is 0 Å². The SMILES string of the molecule is CCn1c(OC(C)C)nnc1[C@@H](C)NS(=O)(=O)c1cccc(OC(F)(F)F)c1. The predicted molar refractivity (Wildman–Crippen MR) is 93.3 cm³/mol. The van der Waals surface area contributed by atoms with Crippen LogP contribution in [0, 0.1) is 0 Å². The highest BCUT2D eigenvalue weighted by atomic mass is 32.2. The van der Waals surface area contributed by atoms with Gasteiger partial charge in [0.15, 0.2) is 5.82 Å². The summed E-state index contributed by atoms with van der Waals surface area (Å²) in [5, 5.41) is 7.89. The summed E-state index contributed by atoms with van der Waals surface area (Å²) in [4.78, 5) is -0.373. The summed E-state index contributed by atoms with van der Waals surface area (Å²) in [6, 6.07) is 3.56. The van der Waals surface area contributed by atoms with Crippen LogP contribution in [0.15, 0.2) is 29.2 Å². The molecule has 0 spiro atoms. The molecule has 1 N–H and O–H groups in total. The first-order chi connectivity index (χ1) is 12.9. The van der Waals surface area contributed by atoms with Gasteiger partial charge in [0.1, 0.15) is 5.75 Å². The van der Waals surface area contributed by atoms with Crippen molar-refractivity contribution in [3.8, 4) is 11.8 Å². The minimum atomic E-state index is -4.92. The molecule has 0 aliphatic carbocycles. The van der Waals surface area contributed by atoms with Crippen LogP contribution in [0.5, 0.6) is 11.8 Å². The van der Waals surface area contributed by atoms with Crippen LogP contribution >= 0.6 is 0 Å². The van der Waals surface area contributed by atoms with Gasteiger partial charge in [-0.25, -0.2) is 13.1 Å². The van der Waals surface area contributed by atoms with Crippen LogP contribution in [0.1, 0.15) is 39.6 Å². The van der Waals surface area contributed by atoms with Crippen molar-refractivity contribution in [1.82, 2.24) is 19.5 Å². The number of alkyl halides is 3. The van der Waals surface area contributed by atoms with Gasteiger partial charge in [0, 0.05) is 12.6 Å². The van der Waals surface area contributed by atoms with Crippen molar-refractivity contribution in [2.24, 2.45) is 0 Å². The van der Waals surface area contributed by atoms with Gasteiger partial charge in [0.2, 0.25) is 10.0 Å². The molecule has 8 nitrogen and oxygen atoms in total. The van der Waals surface area contributed by atoms with Crippen molar-refractivity contribution >= 4 is 10.0 Å². The Kier molecular flexibility index (Phi) is 6.55. The molecule has 2 rings (SSSR count). The lowest BCUT2D eigenvalue weighted by atomic mass is 10.3. The number of rotatable bonds is 8.